The fraction of sp³-hybridized carbons (Fsp3) is 0.400. The van der Waals surface area contributed by atoms with Crippen LogP contribution in [0.5, 0.6) is 0 Å². The average molecular weight is 136 g/mol. The summed E-state index contributed by atoms with van der Waals surface area (Å²) in [6, 6.07) is 0. The van der Waals surface area contributed by atoms with E-state index in [1.165, 1.54) is 5.57 Å². The molecule has 56 valence electrons. The summed E-state index contributed by atoms with van der Waals surface area (Å²) in [6.45, 7) is 11.7. The molecule has 0 aliphatic carbocycles. The van der Waals surface area contributed by atoms with E-state index in [2.05, 4.69) is 26.2 Å². The highest BCUT2D eigenvalue weighted by molar-refractivity contribution is 5.19. The molecule has 0 atom stereocenters. The molecule has 0 rings (SSSR count). The smallest absolute Gasteiger partial charge is 0.0138 e. The predicted octanol–water partition coefficient (Wildman–Crippen LogP) is 3.48. The molecule has 0 saturated carbocycles. The molecule has 0 unspecified atom stereocenters. The van der Waals surface area contributed by atoms with Crippen LogP contribution >= 0.6 is 0 Å². The molecule has 0 aromatic heterocycles. The van der Waals surface area contributed by atoms with Crippen LogP contribution in [0.15, 0.2) is 36.5 Å². The summed E-state index contributed by atoms with van der Waals surface area (Å²) in [6.07, 6.45) is 6.14. The Morgan fingerprint density at radius 1 is 1.50 bits per heavy atom. The van der Waals surface area contributed by atoms with Crippen molar-refractivity contribution in [3.8, 4) is 0 Å². The molecular weight excluding hydrogens is 120 g/mol. The molecule has 0 fully saturated rings. The summed E-state index contributed by atoms with van der Waals surface area (Å²) < 4.78 is 0. The minimum absolute atomic E-state index is 0.989. The van der Waals surface area contributed by atoms with E-state index >= 15 is 0 Å². The summed E-state index contributed by atoms with van der Waals surface area (Å²) in [5.41, 5.74) is 2.53. The van der Waals surface area contributed by atoms with E-state index in [9.17, 15) is 0 Å². The first-order chi connectivity index (χ1) is 4.70. The van der Waals surface area contributed by atoms with Crippen molar-refractivity contribution < 1.29 is 0 Å². The van der Waals surface area contributed by atoms with Crippen LogP contribution in [0.25, 0.3) is 0 Å². The van der Waals surface area contributed by atoms with Crippen LogP contribution < -0.4 is 0 Å². The van der Waals surface area contributed by atoms with Gasteiger partial charge in [-0.05, 0) is 19.8 Å². The third kappa shape index (κ3) is 4.13. The van der Waals surface area contributed by atoms with Crippen molar-refractivity contribution in [2.24, 2.45) is 0 Å². The summed E-state index contributed by atoms with van der Waals surface area (Å²) in [5, 5.41) is 0. The van der Waals surface area contributed by atoms with Gasteiger partial charge in [0.1, 0.15) is 0 Å². The number of hydrogen-bond donors (Lipinski definition) is 0. The number of hydrogen-bond acceptors (Lipinski definition) is 0. The summed E-state index contributed by atoms with van der Waals surface area (Å²) in [4.78, 5) is 0. The molecule has 0 heterocycles. The Labute approximate surface area is 64.0 Å². The maximum atomic E-state index is 3.81. The Morgan fingerprint density at radius 2 is 2.10 bits per heavy atom. The quantitative estimate of drug-likeness (QED) is 0.410. The molecule has 0 radical (unpaired) electrons. The molecule has 0 N–H and O–H groups in total. The second-order valence-electron chi connectivity index (χ2n) is 2.50. The van der Waals surface area contributed by atoms with Gasteiger partial charge in [0.05, 0.1) is 0 Å². The van der Waals surface area contributed by atoms with E-state index in [1.54, 1.807) is 0 Å². The van der Waals surface area contributed by atoms with Gasteiger partial charge in [-0.1, -0.05) is 36.8 Å². The lowest BCUT2D eigenvalue weighted by molar-refractivity contribution is 1.03. The fourth-order valence-corrected chi connectivity index (χ4v) is 0.839. The van der Waals surface area contributed by atoms with Gasteiger partial charge in [-0.2, -0.15) is 0 Å². The van der Waals surface area contributed by atoms with Gasteiger partial charge in [0.25, 0.3) is 0 Å². The standard InChI is InChI=1S/C10H16/c1-5-7-10(6-2)8-9(3)4/h5,8H,1,3,6-7H2,2,4H3. The molecular formula is C10H16. The zero-order valence-electron chi connectivity index (χ0n) is 6.98. The van der Waals surface area contributed by atoms with Gasteiger partial charge in [0, 0.05) is 0 Å². The molecule has 0 amide bonds. The maximum absolute atomic E-state index is 3.81. The van der Waals surface area contributed by atoms with Crippen molar-refractivity contribution >= 4 is 0 Å². The SMILES string of the molecule is C=CCC(=CC(=C)C)CC. The van der Waals surface area contributed by atoms with Gasteiger partial charge in [-0.3, -0.25) is 0 Å². The van der Waals surface area contributed by atoms with E-state index in [4.69, 9.17) is 0 Å². The average Bonchev–Trinajstić information content (AvgIpc) is 1.86. The van der Waals surface area contributed by atoms with Crippen molar-refractivity contribution in [1.82, 2.24) is 0 Å². The van der Waals surface area contributed by atoms with Crippen LogP contribution in [-0.2, 0) is 0 Å². The summed E-state index contributed by atoms with van der Waals surface area (Å²) in [7, 11) is 0. The van der Waals surface area contributed by atoms with Crippen molar-refractivity contribution in [1.29, 1.82) is 0 Å². The van der Waals surface area contributed by atoms with Crippen LogP contribution in [0.3, 0.4) is 0 Å². The lowest BCUT2D eigenvalue weighted by Gasteiger charge is -1.98. The van der Waals surface area contributed by atoms with Gasteiger partial charge >= 0.3 is 0 Å². The molecule has 0 aromatic carbocycles. The molecule has 0 aliphatic heterocycles. The lowest BCUT2D eigenvalue weighted by Crippen LogP contribution is -1.78. The normalized spacial score (nSPS) is 11.2. The Morgan fingerprint density at radius 3 is 2.40 bits per heavy atom. The molecule has 0 spiro atoms. The molecule has 0 aliphatic rings. The van der Waals surface area contributed by atoms with Crippen molar-refractivity contribution in [3.05, 3.63) is 36.5 Å². The third-order valence-electron chi connectivity index (χ3n) is 1.31. The first-order valence-electron chi connectivity index (χ1n) is 3.66. The Hall–Kier alpha value is -0.780. The topological polar surface area (TPSA) is 0 Å². The highest BCUT2D eigenvalue weighted by atomic mass is 13.9. The Kier molecular flexibility index (Phi) is 4.65. The van der Waals surface area contributed by atoms with Gasteiger partial charge in [-0.25, -0.2) is 0 Å². The largest absolute Gasteiger partial charge is 0.103 e. The van der Waals surface area contributed by atoms with Crippen molar-refractivity contribution in [2.75, 3.05) is 0 Å². The van der Waals surface area contributed by atoms with Gasteiger partial charge < -0.3 is 0 Å². The highest BCUT2D eigenvalue weighted by Gasteiger charge is 1.88. The Balaban J connectivity index is 4.03. The van der Waals surface area contributed by atoms with Crippen molar-refractivity contribution in [2.45, 2.75) is 26.7 Å². The molecule has 0 bridgehead atoms. The van der Waals surface area contributed by atoms with E-state index in [0.717, 1.165) is 18.4 Å². The summed E-state index contributed by atoms with van der Waals surface area (Å²) >= 11 is 0. The van der Waals surface area contributed by atoms with E-state index < -0.39 is 0 Å². The molecule has 0 saturated heterocycles. The predicted molar refractivity (Wildman–Crippen MR) is 48.0 cm³/mol. The molecule has 0 aromatic rings. The molecule has 0 nitrogen and oxygen atoms in total. The second-order valence-corrected chi connectivity index (χ2v) is 2.50. The summed E-state index contributed by atoms with van der Waals surface area (Å²) in [5.74, 6) is 0. The fourth-order valence-electron chi connectivity index (χ4n) is 0.839. The minimum atomic E-state index is 0.989. The van der Waals surface area contributed by atoms with Gasteiger partial charge in [0.2, 0.25) is 0 Å². The maximum Gasteiger partial charge on any atom is -0.0138 e. The van der Waals surface area contributed by atoms with E-state index in [0.29, 0.717) is 0 Å². The number of rotatable bonds is 4. The van der Waals surface area contributed by atoms with Crippen LogP contribution in [-0.4, -0.2) is 0 Å². The van der Waals surface area contributed by atoms with Crippen LogP contribution in [0.4, 0.5) is 0 Å². The van der Waals surface area contributed by atoms with Crippen LogP contribution in [0, 0.1) is 0 Å². The zero-order chi connectivity index (χ0) is 7.98. The van der Waals surface area contributed by atoms with Crippen molar-refractivity contribution in [3.63, 3.8) is 0 Å². The Bertz CT molecular complexity index is 149. The van der Waals surface area contributed by atoms with E-state index in [1.807, 2.05) is 13.0 Å². The third-order valence-corrected chi connectivity index (χ3v) is 1.31. The second kappa shape index (κ2) is 5.04. The van der Waals surface area contributed by atoms with Gasteiger partial charge in [-0.15, -0.1) is 6.58 Å². The molecule has 0 heteroatoms. The van der Waals surface area contributed by atoms with Crippen LogP contribution in [0.2, 0.25) is 0 Å². The van der Waals surface area contributed by atoms with Crippen LogP contribution in [0.1, 0.15) is 26.7 Å². The lowest BCUT2D eigenvalue weighted by atomic mass is 10.1. The number of allylic oxidation sites excluding steroid dienone is 4. The van der Waals surface area contributed by atoms with E-state index in [-0.39, 0.29) is 0 Å². The highest BCUT2D eigenvalue weighted by Crippen LogP contribution is 2.09. The minimum Gasteiger partial charge on any atom is -0.103 e. The van der Waals surface area contributed by atoms with Gasteiger partial charge in [0.15, 0.2) is 0 Å². The first-order valence-corrected chi connectivity index (χ1v) is 3.66. The zero-order valence-corrected chi connectivity index (χ0v) is 6.98. The first kappa shape index (κ1) is 9.22. The monoisotopic (exact) mass is 136 g/mol. The molecule has 10 heavy (non-hydrogen) atoms.